The lowest BCUT2D eigenvalue weighted by atomic mass is 10.0. The zero-order valence-electron chi connectivity index (χ0n) is 13.8. The van der Waals surface area contributed by atoms with Crippen molar-refractivity contribution in [3.05, 3.63) is 0 Å². The van der Waals surface area contributed by atoms with Crippen LogP contribution in [0.25, 0.3) is 0 Å². The Bertz CT molecular complexity index is 325. The Morgan fingerprint density at radius 3 is 1.76 bits per heavy atom. The minimum Gasteiger partial charge on any atom is -0.393 e. The summed E-state index contributed by atoms with van der Waals surface area (Å²) in [5, 5.41) is 8.53. The molecule has 0 aliphatic carbocycles. The van der Waals surface area contributed by atoms with Gasteiger partial charge in [-0.3, -0.25) is 4.55 Å². The first-order valence-electron chi connectivity index (χ1n) is 8.52. The maximum absolute atomic E-state index is 11.3. The summed E-state index contributed by atoms with van der Waals surface area (Å²) < 4.78 is 31.9. The number of rotatable bonds is 14. The lowest BCUT2D eigenvalue weighted by Crippen LogP contribution is -2.21. The fourth-order valence-electron chi connectivity index (χ4n) is 2.59. The Morgan fingerprint density at radius 2 is 1.29 bits per heavy atom. The second-order valence-electron chi connectivity index (χ2n) is 6.18. The number of hydrogen-bond donors (Lipinski definition) is 2. The van der Waals surface area contributed by atoms with Crippen LogP contribution in [-0.4, -0.2) is 29.4 Å². The molecule has 0 aromatic carbocycles. The molecule has 0 radical (unpaired) electrons. The van der Waals surface area contributed by atoms with Gasteiger partial charge in [0, 0.05) is 0 Å². The third-order valence-corrected chi connectivity index (χ3v) is 5.26. The quantitative estimate of drug-likeness (QED) is 0.369. The van der Waals surface area contributed by atoms with Gasteiger partial charge in [0.1, 0.15) is 0 Å². The van der Waals surface area contributed by atoms with Crippen LogP contribution in [0.15, 0.2) is 0 Å². The lowest BCUT2D eigenvalue weighted by Gasteiger charge is -2.14. The molecular weight excluding hydrogens is 288 g/mol. The van der Waals surface area contributed by atoms with E-state index in [0.29, 0.717) is 25.7 Å². The minimum absolute atomic E-state index is 0.407. The second-order valence-corrected chi connectivity index (χ2v) is 7.88. The third kappa shape index (κ3) is 13.3. The Kier molecular flexibility index (Phi) is 12.3. The fourth-order valence-corrected chi connectivity index (χ4v) is 3.52. The zero-order valence-corrected chi connectivity index (χ0v) is 14.6. The number of aliphatic hydroxyl groups is 1. The molecule has 0 heterocycles. The van der Waals surface area contributed by atoms with E-state index in [0.717, 1.165) is 19.3 Å². The molecule has 4 nitrogen and oxygen atoms in total. The molecule has 0 aromatic heterocycles. The van der Waals surface area contributed by atoms with Crippen molar-refractivity contribution in [2.45, 2.75) is 102 Å². The van der Waals surface area contributed by atoms with Crippen LogP contribution in [0.2, 0.25) is 0 Å². The summed E-state index contributed by atoms with van der Waals surface area (Å²) in [6, 6.07) is 0. The molecule has 2 atom stereocenters. The zero-order chi connectivity index (χ0) is 16.1. The number of hydrogen-bond acceptors (Lipinski definition) is 3. The van der Waals surface area contributed by atoms with Crippen LogP contribution < -0.4 is 0 Å². The smallest absolute Gasteiger partial charge is 0.267 e. The van der Waals surface area contributed by atoms with Crippen LogP contribution in [0.5, 0.6) is 0 Å². The SMILES string of the molecule is CCCCCCCCCCC(CCCC(C)O)S(=O)(=O)O. The molecule has 2 unspecified atom stereocenters. The maximum Gasteiger partial charge on any atom is 0.267 e. The highest BCUT2D eigenvalue weighted by Gasteiger charge is 2.22. The van der Waals surface area contributed by atoms with Crippen LogP contribution in [0.4, 0.5) is 0 Å². The first-order chi connectivity index (χ1) is 9.88. The van der Waals surface area contributed by atoms with Crippen LogP contribution in [0.1, 0.15) is 90.9 Å². The van der Waals surface area contributed by atoms with Gasteiger partial charge in [-0.1, -0.05) is 58.3 Å². The van der Waals surface area contributed by atoms with Crippen LogP contribution in [0.3, 0.4) is 0 Å². The molecule has 128 valence electrons. The summed E-state index contributed by atoms with van der Waals surface area (Å²) >= 11 is 0. The third-order valence-electron chi connectivity index (χ3n) is 3.95. The molecular formula is C16H34O4S. The molecule has 0 bridgehead atoms. The van der Waals surface area contributed by atoms with E-state index >= 15 is 0 Å². The van der Waals surface area contributed by atoms with Gasteiger partial charge in [0.05, 0.1) is 11.4 Å². The molecule has 0 rings (SSSR count). The molecule has 5 heteroatoms. The normalized spacial score (nSPS) is 15.0. The topological polar surface area (TPSA) is 74.6 Å². The van der Waals surface area contributed by atoms with E-state index in [1.54, 1.807) is 6.92 Å². The molecule has 0 fully saturated rings. The Hall–Kier alpha value is -0.130. The largest absolute Gasteiger partial charge is 0.393 e. The molecule has 0 amide bonds. The Morgan fingerprint density at radius 1 is 0.810 bits per heavy atom. The van der Waals surface area contributed by atoms with Crippen molar-refractivity contribution in [2.75, 3.05) is 0 Å². The van der Waals surface area contributed by atoms with Crippen LogP contribution >= 0.6 is 0 Å². The number of unbranched alkanes of at least 4 members (excludes halogenated alkanes) is 7. The average molecular weight is 323 g/mol. The van der Waals surface area contributed by atoms with E-state index in [1.807, 2.05) is 0 Å². The standard InChI is InChI=1S/C16H34O4S/c1-3-4-5-6-7-8-9-10-13-16(21(18,19)20)14-11-12-15(2)17/h15-17H,3-14H2,1-2H3,(H,18,19,20). The van der Waals surface area contributed by atoms with Crippen LogP contribution in [0, 0.1) is 0 Å². The molecule has 0 aromatic rings. The average Bonchev–Trinajstić information content (AvgIpc) is 2.38. The van der Waals surface area contributed by atoms with Gasteiger partial charge in [0.15, 0.2) is 0 Å². The molecule has 2 N–H and O–H groups in total. The van der Waals surface area contributed by atoms with Crippen molar-refractivity contribution in [1.82, 2.24) is 0 Å². The summed E-state index contributed by atoms with van der Waals surface area (Å²) in [4.78, 5) is 0. The molecule has 21 heavy (non-hydrogen) atoms. The minimum atomic E-state index is -3.95. The van der Waals surface area contributed by atoms with Gasteiger partial charge in [-0.25, -0.2) is 0 Å². The van der Waals surface area contributed by atoms with E-state index < -0.39 is 21.5 Å². The Labute approximate surface area is 131 Å². The molecule has 0 aliphatic heterocycles. The van der Waals surface area contributed by atoms with Gasteiger partial charge in [-0.2, -0.15) is 8.42 Å². The molecule has 0 aliphatic rings. The summed E-state index contributed by atoms with van der Waals surface area (Å²) in [5.41, 5.74) is 0. The monoisotopic (exact) mass is 322 g/mol. The first kappa shape index (κ1) is 20.9. The van der Waals surface area contributed by atoms with Gasteiger partial charge >= 0.3 is 0 Å². The molecule has 0 saturated heterocycles. The second kappa shape index (κ2) is 12.4. The summed E-state index contributed by atoms with van der Waals surface area (Å²) in [7, 11) is -3.95. The summed E-state index contributed by atoms with van der Waals surface area (Å²) in [5.74, 6) is 0. The van der Waals surface area contributed by atoms with Crippen molar-refractivity contribution in [3.63, 3.8) is 0 Å². The summed E-state index contributed by atoms with van der Waals surface area (Å²) in [6.45, 7) is 3.90. The highest BCUT2D eigenvalue weighted by molar-refractivity contribution is 7.86. The van der Waals surface area contributed by atoms with Crippen molar-refractivity contribution in [1.29, 1.82) is 0 Å². The number of aliphatic hydroxyl groups excluding tert-OH is 1. The van der Waals surface area contributed by atoms with Gasteiger partial charge in [-0.05, 0) is 32.6 Å². The van der Waals surface area contributed by atoms with Gasteiger partial charge < -0.3 is 5.11 Å². The predicted molar refractivity (Wildman–Crippen MR) is 88.1 cm³/mol. The fraction of sp³-hybridized carbons (Fsp3) is 1.00. The van der Waals surface area contributed by atoms with E-state index in [9.17, 15) is 18.1 Å². The lowest BCUT2D eigenvalue weighted by molar-refractivity contribution is 0.180. The van der Waals surface area contributed by atoms with E-state index in [-0.39, 0.29) is 0 Å². The van der Waals surface area contributed by atoms with Gasteiger partial charge in [0.2, 0.25) is 0 Å². The van der Waals surface area contributed by atoms with E-state index in [4.69, 9.17) is 0 Å². The van der Waals surface area contributed by atoms with Crippen molar-refractivity contribution in [3.8, 4) is 0 Å². The summed E-state index contributed by atoms with van der Waals surface area (Å²) in [6.07, 6.45) is 11.2. The van der Waals surface area contributed by atoms with Crippen molar-refractivity contribution < 1.29 is 18.1 Å². The highest BCUT2D eigenvalue weighted by atomic mass is 32.2. The predicted octanol–water partition coefficient (Wildman–Crippen LogP) is 4.32. The first-order valence-corrected chi connectivity index (χ1v) is 10.0. The van der Waals surface area contributed by atoms with E-state index in [1.165, 1.54) is 32.1 Å². The Balaban J connectivity index is 3.77. The maximum atomic E-state index is 11.3. The highest BCUT2D eigenvalue weighted by Crippen LogP contribution is 2.18. The van der Waals surface area contributed by atoms with Crippen LogP contribution in [-0.2, 0) is 10.1 Å². The molecule has 0 spiro atoms. The van der Waals surface area contributed by atoms with Crippen molar-refractivity contribution >= 4 is 10.1 Å². The van der Waals surface area contributed by atoms with E-state index in [2.05, 4.69) is 6.92 Å². The van der Waals surface area contributed by atoms with Crippen molar-refractivity contribution in [2.24, 2.45) is 0 Å². The molecule has 0 saturated carbocycles. The van der Waals surface area contributed by atoms with Gasteiger partial charge in [-0.15, -0.1) is 0 Å². The van der Waals surface area contributed by atoms with Gasteiger partial charge in [0.25, 0.3) is 10.1 Å².